The lowest BCUT2D eigenvalue weighted by molar-refractivity contribution is 0.141. The number of rotatable bonds is 7. The highest BCUT2D eigenvalue weighted by atomic mass is 32.2. The summed E-state index contributed by atoms with van der Waals surface area (Å²) in [5, 5.41) is 10.1. The first-order valence-corrected chi connectivity index (χ1v) is 15.1. The molecular formula is C31H34FNO5S. The van der Waals surface area contributed by atoms with E-state index in [-0.39, 0.29) is 16.2 Å². The van der Waals surface area contributed by atoms with Gasteiger partial charge in [0.1, 0.15) is 24.2 Å². The standard InChI is InChI=1S/C31H34FNO5S/c1-19-8-7-17-33(19)20(2)18-37-23-13-11-22(12-14-23)31-28(24-9-5-6-10-27(24)39(4,35)36)21(3)29-26(38-31)16-15-25(34)30(29)32/h5-6,9-16,19-20,31,34H,7-8,17-18H2,1-4H3/t19-,20+,31?/m1/s1. The molecular weight excluding hydrogens is 517 g/mol. The molecule has 1 N–H and O–H groups in total. The van der Waals surface area contributed by atoms with Crippen LogP contribution in [0, 0.1) is 5.82 Å². The normalized spacial score (nSPS) is 20.4. The molecule has 0 saturated carbocycles. The van der Waals surface area contributed by atoms with Crippen LogP contribution in [-0.2, 0) is 9.84 Å². The molecule has 2 aliphatic heterocycles. The van der Waals surface area contributed by atoms with Gasteiger partial charge in [-0.05, 0) is 81.6 Å². The van der Waals surface area contributed by atoms with E-state index in [1.54, 1.807) is 25.1 Å². The topological polar surface area (TPSA) is 76.1 Å². The summed E-state index contributed by atoms with van der Waals surface area (Å²) in [6.07, 6.45) is 2.87. The van der Waals surface area contributed by atoms with Gasteiger partial charge >= 0.3 is 0 Å². The minimum Gasteiger partial charge on any atom is -0.505 e. The maximum atomic E-state index is 15.1. The summed E-state index contributed by atoms with van der Waals surface area (Å²) in [4.78, 5) is 2.60. The van der Waals surface area contributed by atoms with E-state index in [1.165, 1.54) is 31.0 Å². The van der Waals surface area contributed by atoms with E-state index >= 15 is 4.39 Å². The number of phenolic OH excluding ortho intramolecular Hbond substituents is 1. The molecule has 1 unspecified atom stereocenters. The Morgan fingerprint density at radius 2 is 1.85 bits per heavy atom. The van der Waals surface area contributed by atoms with Crippen molar-refractivity contribution in [3.63, 3.8) is 0 Å². The van der Waals surface area contributed by atoms with Crippen molar-refractivity contribution in [2.75, 3.05) is 19.4 Å². The van der Waals surface area contributed by atoms with E-state index in [1.807, 2.05) is 24.3 Å². The highest BCUT2D eigenvalue weighted by Gasteiger charge is 2.34. The molecule has 2 aliphatic rings. The molecule has 0 aromatic heterocycles. The molecule has 1 fully saturated rings. The zero-order chi connectivity index (χ0) is 27.9. The number of ether oxygens (including phenoxy) is 2. The van der Waals surface area contributed by atoms with Gasteiger partial charge in [-0.25, -0.2) is 12.8 Å². The second-order valence-electron chi connectivity index (χ2n) is 10.5. The molecule has 3 atom stereocenters. The Hall–Kier alpha value is -3.36. The molecule has 1 saturated heterocycles. The molecule has 8 heteroatoms. The zero-order valence-electron chi connectivity index (χ0n) is 22.6. The summed E-state index contributed by atoms with van der Waals surface area (Å²) in [6.45, 7) is 7.82. The smallest absolute Gasteiger partial charge is 0.176 e. The second kappa shape index (κ2) is 10.7. The van der Waals surface area contributed by atoms with Crippen LogP contribution >= 0.6 is 0 Å². The molecule has 0 amide bonds. The van der Waals surface area contributed by atoms with Gasteiger partial charge in [0.25, 0.3) is 0 Å². The van der Waals surface area contributed by atoms with Crippen molar-refractivity contribution in [2.45, 2.75) is 56.7 Å². The molecule has 6 nitrogen and oxygen atoms in total. The van der Waals surface area contributed by atoms with Gasteiger partial charge < -0.3 is 14.6 Å². The summed E-state index contributed by atoms with van der Waals surface area (Å²) in [5.41, 5.74) is 2.35. The van der Waals surface area contributed by atoms with Gasteiger partial charge in [0.2, 0.25) is 0 Å². The maximum Gasteiger partial charge on any atom is 0.176 e. The van der Waals surface area contributed by atoms with Gasteiger partial charge in [-0.1, -0.05) is 30.3 Å². The fraction of sp³-hybridized carbons (Fsp3) is 0.355. The van der Waals surface area contributed by atoms with Gasteiger partial charge in [-0.15, -0.1) is 0 Å². The molecule has 0 spiro atoms. The van der Waals surface area contributed by atoms with E-state index in [2.05, 4.69) is 18.7 Å². The summed E-state index contributed by atoms with van der Waals surface area (Å²) in [6, 6.07) is 17.8. The zero-order valence-corrected chi connectivity index (χ0v) is 23.5. The molecule has 39 heavy (non-hydrogen) atoms. The minimum absolute atomic E-state index is 0.120. The lowest BCUT2D eigenvalue weighted by Crippen LogP contribution is -2.39. The predicted molar refractivity (Wildman–Crippen MR) is 150 cm³/mol. The number of benzene rings is 3. The van der Waals surface area contributed by atoms with Gasteiger partial charge in [-0.2, -0.15) is 0 Å². The monoisotopic (exact) mass is 551 g/mol. The van der Waals surface area contributed by atoms with Crippen LogP contribution in [0.15, 0.2) is 65.6 Å². The van der Waals surface area contributed by atoms with E-state index in [0.29, 0.717) is 35.4 Å². The number of nitrogens with zero attached hydrogens (tertiary/aromatic N) is 1. The Balaban J connectivity index is 1.52. The van der Waals surface area contributed by atoms with Crippen LogP contribution < -0.4 is 9.47 Å². The Labute approximate surface area is 229 Å². The number of likely N-dealkylation sites (tertiary alicyclic amines) is 1. The Morgan fingerprint density at radius 3 is 2.51 bits per heavy atom. The van der Waals surface area contributed by atoms with Gasteiger partial charge in [0.05, 0.1) is 10.5 Å². The summed E-state index contributed by atoms with van der Waals surface area (Å²) >= 11 is 0. The van der Waals surface area contributed by atoms with Crippen molar-refractivity contribution in [1.82, 2.24) is 4.90 Å². The highest BCUT2D eigenvalue weighted by Crippen LogP contribution is 2.49. The van der Waals surface area contributed by atoms with Gasteiger partial charge in [-0.3, -0.25) is 4.90 Å². The number of hydrogen-bond acceptors (Lipinski definition) is 6. The van der Waals surface area contributed by atoms with Crippen molar-refractivity contribution in [3.05, 3.63) is 83.2 Å². The Morgan fingerprint density at radius 1 is 1.13 bits per heavy atom. The van der Waals surface area contributed by atoms with E-state index in [0.717, 1.165) is 24.1 Å². The lowest BCUT2D eigenvalue weighted by atomic mass is 9.86. The number of hydrogen-bond donors (Lipinski definition) is 1. The molecule has 3 aromatic rings. The largest absolute Gasteiger partial charge is 0.505 e. The second-order valence-corrected chi connectivity index (χ2v) is 12.5. The number of fused-ring (bicyclic) bond motifs is 1. The third-order valence-corrected chi connectivity index (χ3v) is 8.95. The summed E-state index contributed by atoms with van der Waals surface area (Å²) < 4.78 is 53.0. The van der Waals surface area contributed by atoms with Gasteiger partial charge in [0.15, 0.2) is 21.4 Å². The SMILES string of the molecule is CC1=C(c2ccccc2S(C)(=O)=O)C(c2ccc(OC[C@H](C)N3CCC[C@H]3C)cc2)Oc2ccc(O)c(F)c21. The third kappa shape index (κ3) is 5.28. The number of aromatic hydroxyl groups is 1. The molecule has 3 aromatic carbocycles. The molecule has 5 rings (SSSR count). The number of sulfone groups is 1. The van der Waals surface area contributed by atoms with Crippen molar-refractivity contribution < 1.29 is 27.4 Å². The minimum atomic E-state index is -3.60. The third-order valence-electron chi connectivity index (χ3n) is 7.79. The van der Waals surface area contributed by atoms with Crippen molar-refractivity contribution in [2.24, 2.45) is 0 Å². The lowest BCUT2D eigenvalue weighted by Gasteiger charge is -2.32. The number of halogens is 1. The molecule has 0 aliphatic carbocycles. The fourth-order valence-electron chi connectivity index (χ4n) is 5.76. The highest BCUT2D eigenvalue weighted by molar-refractivity contribution is 7.90. The molecule has 206 valence electrons. The van der Waals surface area contributed by atoms with Crippen molar-refractivity contribution in [3.8, 4) is 17.2 Å². The summed E-state index contributed by atoms with van der Waals surface area (Å²) in [5.74, 6) is -0.293. The van der Waals surface area contributed by atoms with Crippen LogP contribution in [0.5, 0.6) is 17.2 Å². The van der Waals surface area contributed by atoms with Crippen LogP contribution in [0.2, 0.25) is 0 Å². The first-order valence-electron chi connectivity index (χ1n) is 13.2. The molecule has 0 radical (unpaired) electrons. The van der Waals surface area contributed by atoms with Gasteiger partial charge in [0, 0.05) is 29.5 Å². The van der Waals surface area contributed by atoms with Crippen LogP contribution in [0.25, 0.3) is 11.1 Å². The molecule has 2 heterocycles. The average Bonchev–Trinajstić information content (AvgIpc) is 3.35. The van der Waals surface area contributed by atoms with E-state index in [4.69, 9.17) is 9.47 Å². The predicted octanol–water partition coefficient (Wildman–Crippen LogP) is 6.25. The van der Waals surface area contributed by atoms with Crippen LogP contribution in [0.1, 0.15) is 56.4 Å². The van der Waals surface area contributed by atoms with Crippen molar-refractivity contribution >= 4 is 21.0 Å². The summed E-state index contributed by atoms with van der Waals surface area (Å²) in [7, 11) is -3.60. The molecule has 0 bridgehead atoms. The number of phenols is 1. The van der Waals surface area contributed by atoms with Crippen LogP contribution in [0.3, 0.4) is 0 Å². The number of allylic oxidation sites excluding steroid dienone is 1. The maximum absolute atomic E-state index is 15.1. The quantitative estimate of drug-likeness (QED) is 0.374. The fourth-order valence-corrected chi connectivity index (χ4v) is 6.67. The van der Waals surface area contributed by atoms with E-state index < -0.39 is 27.5 Å². The van der Waals surface area contributed by atoms with Crippen molar-refractivity contribution in [1.29, 1.82) is 0 Å². The Bertz CT molecular complexity index is 1520. The van der Waals surface area contributed by atoms with E-state index in [9.17, 15) is 13.5 Å². The van der Waals surface area contributed by atoms with Crippen LogP contribution in [0.4, 0.5) is 4.39 Å². The average molecular weight is 552 g/mol. The first kappa shape index (κ1) is 27.2. The first-order chi connectivity index (χ1) is 18.6. The Kier molecular flexibility index (Phi) is 7.44. The van der Waals surface area contributed by atoms with Crippen LogP contribution in [-0.4, -0.2) is 49.9 Å².